The molecule has 0 atom stereocenters. The second-order valence-electron chi connectivity index (χ2n) is 7.80. The molecule has 0 aromatic rings. The Morgan fingerprint density at radius 1 is 1.20 bits per heavy atom. The number of carbonyl (C=O) groups excluding carboxylic acids is 1. The number of halogens is 2. The number of rotatable bonds is 6. The molecular formula is C24H39Cl2N3O. The maximum atomic E-state index is 9.82. The van der Waals surface area contributed by atoms with Crippen LogP contribution in [0.3, 0.4) is 0 Å². The number of hydrogen-bond donors (Lipinski definition) is 0. The third kappa shape index (κ3) is 15.5. The topological polar surface area (TPSA) is 47.3 Å². The normalized spacial score (nSPS) is 18.0. The van der Waals surface area contributed by atoms with Gasteiger partial charge < -0.3 is 9.80 Å². The van der Waals surface area contributed by atoms with E-state index in [2.05, 4.69) is 30.2 Å². The largest absolute Gasteiger partial charge is 0.369 e. The van der Waals surface area contributed by atoms with Gasteiger partial charge in [0.15, 0.2) is 0 Å². The summed E-state index contributed by atoms with van der Waals surface area (Å²) in [4.78, 5) is 14.6. The fourth-order valence-corrected chi connectivity index (χ4v) is 3.34. The van der Waals surface area contributed by atoms with Gasteiger partial charge in [-0.2, -0.15) is 5.26 Å². The van der Waals surface area contributed by atoms with E-state index in [1.165, 1.54) is 39.0 Å². The molecule has 6 heteroatoms. The zero-order valence-corrected chi connectivity index (χ0v) is 20.5. The van der Waals surface area contributed by atoms with E-state index in [0.717, 1.165) is 44.3 Å². The molecule has 1 aliphatic carbocycles. The molecule has 2 aliphatic rings. The Bertz CT molecular complexity index is 582. The van der Waals surface area contributed by atoms with Gasteiger partial charge in [-0.05, 0) is 31.5 Å². The zero-order valence-electron chi connectivity index (χ0n) is 19.0. The van der Waals surface area contributed by atoms with Gasteiger partial charge in [-0.1, -0.05) is 70.2 Å². The molecule has 170 valence electrons. The summed E-state index contributed by atoms with van der Waals surface area (Å²) in [7, 11) is 0. The molecule has 1 saturated heterocycles. The SMILES string of the molecule is C=C(/C=C\C=C(\Cl)CCl)N1CCN(CC)CC1.CC(=O)CC#N.CC1CCCCC1. The summed E-state index contributed by atoms with van der Waals surface area (Å²) < 4.78 is 0. The molecule has 4 nitrogen and oxygen atoms in total. The van der Waals surface area contributed by atoms with Crippen molar-refractivity contribution < 1.29 is 4.79 Å². The molecule has 0 bridgehead atoms. The van der Waals surface area contributed by atoms with Crippen LogP contribution in [0.1, 0.15) is 59.3 Å². The predicted molar refractivity (Wildman–Crippen MR) is 130 cm³/mol. The summed E-state index contributed by atoms with van der Waals surface area (Å²) in [6.07, 6.45) is 13.2. The zero-order chi connectivity index (χ0) is 22.8. The number of nitriles is 1. The predicted octanol–water partition coefficient (Wildman–Crippen LogP) is 6.13. The number of hydrogen-bond acceptors (Lipinski definition) is 4. The molecule has 30 heavy (non-hydrogen) atoms. The van der Waals surface area contributed by atoms with E-state index in [0.29, 0.717) is 10.9 Å². The molecule has 1 saturated carbocycles. The standard InChI is InChI=1S/C13H20Cl2N2.C7H14.C4H5NO/c1-3-16-7-9-17(10-8-16)12(2)5-4-6-13(15)11-14;1-7-5-3-2-4-6-7;1-4(6)2-3-5/h4-6H,2-3,7-11H2,1H3;7H,2-6H2,1H3;2H2,1H3/b5-4-,13-6+;;. The fourth-order valence-electron chi connectivity index (χ4n) is 3.18. The molecule has 2 rings (SSSR count). The monoisotopic (exact) mass is 455 g/mol. The highest BCUT2D eigenvalue weighted by molar-refractivity contribution is 6.35. The molecular weight excluding hydrogens is 417 g/mol. The van der Waals surface area contributed by atoms with Gasteiger partial charge in [0.05, 0.1) is 18.4 Å². The number of allylic oxidation sites excluding steroid dienone is 4. The number of alkyl halides is 1. The van der Waals surface area contributed by atoms with Crippen LogP contribution in [0.25, 0.3) is 0 Å². The first-order chi connectivity index (χ1) is 14.3. The van der Waals surface area contributed by atoms with Crippen molar-refractivity contribution in [3.8, 4) is 6.07 Å². The van der Waals surface area contributed by atoms with Gasteiger partial charge in [-0.15, -0.1) is 11.6 Å². The number of ketones is 1. The van der Waals surface area contributed by atoms with Crippen LogP contribution in [-0.2, 0) is 4.79 Å². The van der Waals surface area contributed by atoms with Gasteiger partial charge in [-0.25, -0.2) is 0 Å². The lowest BCUT2D eigenvalue weighted by atomic mass is 9.91. The summed E-state index contributed by atoms with van der Waals surface area (Å²) in [5.41, 5.74) is 1.04. The lowest BCUT2D eigenvalue weighted by Crippen LogP contribution is -2.45. The minimum atomic E-state index is -0.0718. The number of nitrogens with zero attached hydrogens (tertiary/aromatic N) is 3. The van der Waals surface area contributed by atoms with Crippen LogP contribution < -0.4 is 0 Å². The van der Waals surface area contributed by atoms with Crippen LogP contribution >= 0.6 is 23.2 Å². The van der Waals surface area contributed by atoms with Gasteiger partial charge in [0.1, 0.15) is 5.78 Å². The molecule has 0 N–H and O–H groups in total. The molecule has 1 heterocycles. The summed E-state index contributed by atoms with van der Waals surface area (Å²) in [5.74, 6) is 1.32. The second-order valence-corrected chi connectivity index (χ2v) is 8.55. The van der Waals surface area contributed by atoms with E-state index in [1.54, 1.807) is 6.07 Å². The van der Waals surface area contributed by atoms with Crippen molar-refractivity contribution in [2.24, 2.45) is 5.92 Å². The van der Waals surface area contributed by atoms with Crippen molar-refractivity contribution in [1.29, 1.82) is 5.26 Å². The molecule has 0 aromatic carbocycles. The van der Waals surface area contributed by atoms with Crippen LogP contribution in [0.5, 0.6) is 0 Å². The Balaban J connectivity index is 0.000000528. The highest BCUT2D eigenvalue weighted by Crippen LogP contribution is 2.22. The first-order valence-electron chi connectivity index (χ1n) is 10.9. The molecule has 0 radical (unpaired) electrons. The van der Waals surface area contributed by atoms with Crippen LogP contribution in [0, 0.1) is 17.2 Å². The lowest BCUT2D eigenvalue weighted by molar-refractivity contribution is -0.116. The van der Waals surface area contributed by atoms with Crippen molar-refractivity contribution in [3.63, 3.8) is 0 Å². The highest BCUT2D eigenvalue weighted by atomic mass is 35.5. The average molecular weight is 457 g/mol. The van der Waals surface area contributed by atoms with Crippen LogP contribution in [-0.4, -0.2) is 54.2 Å². The second kappa shape index (κ2) is 18.5. The number of Topliss-reactive ketones (excluding diaryl/α,β-unsaturated/α-hetero) is 1. The van der Waals surface area contributed by atoms with Crippen molar-refractivity contribution in [3.05, 3.63) is 35.5 Å². The van der Waals surface area contributed by atoms with Crippen molar-refractivity contribution >= 4 is 29.0 Å². The summed E-state index contributed by atoms with van der Waals surface area (Å²) in [5, 5.41) is 8.41. The van der Waals surface area contributed by atoms with Crippen molar-refractivity contribution in [2.45, 2.75) is 59.3 Å². The molecule has 2 fully saturated rings. The molecule has 0 aromatic heterocycles. The Kier molecular flexibility index (Phi) is 17.7. The van der Waals surface area contributed by atoms with Gasteiger partial charge in [0.2, 0.25) is 0 Å². The molecule has 0 amide bonds. The molecule has 0 unspecified atom stereocenters. The minimum absolute atomic E-state index is 0.0417. The van der Waals surface area contributed by atoms with E-state index in [-0.39, 0.29) is 12.2 Å². The van der Waals surface area contributed by atoms with E-state index in [9.17, 15) is 4.79 Å². The molecule has 0 spiro atoms. The van der Waals surface area contributed by atoms with Gasteiger partial charge in [0, 0.05) is 36.9 Å². The Morgan fingerprint density at radius 2 is 1.80 bits per heavy atom. The maximum Gasteiger partial charge on any atom is 0.143 e. The van der Waals surface area contributed by atoms with Crippen molar-refractivity contribution in [2.75, 3.05) is 38.6 Å². The smallest absolute Gasteiger partial charge is 0.143 e. The van der Waals surface area contributed by atoms with Crippen LogP contribution in [0.2, 0.25) is 0 Å². The first kappa shape index (κ1) is 28.7. The lowest BCUT2D eigenvalue weighted by Gasteiger charge is -2.35. The Hall–Kier alpha value is -1.28. The number of carbonyl (C=O) groups is 1. The van der Waals surface area contributed by atoms with E-state index in [4.69, 9.17) is 28.5 Å². The van der Waals surface area contributed by atoms with E-state index >= 15 is 0 Å². The quantitative estimate of drug-likeness (QED) is 0.356. The first-order valence-corrected chi connectivity index (χ1v) is 11.9. The van der Waals surface area contributed by atoms with E-state index < -0.39 is 0 Å². The third-order valence-electron chi connectivity index (χ3n) is 5.14. The van der Waals surface area contributed by atoms with Gasteiger partial charge >= 0.3 is 0 Å². The average Bonchev–Trinajstić information content (AvgIpc) is 2.75. The van der Waals surface area contributed by atoms with Crippen LogP contribution in [0.4, 0.5) is 0 Å². The molecule has 1 aliphatic heterocycles. The van der Waals surface area contributed by atoms with E-state index in [1.807, 2.05) is 18.2 Å². The summed E-state index contributed by atoms with van der Waals surface area (Å²) >= 11 is 11.4. The minimum Gasteiger partial charge on any atom is -0.369 e. The highest BCUT2D eigenvalue weighted by Gasteiger charge is 2.14. The maximum absolute atomic E-state index is 9.82. The number of piperazine rings is 1. The van der Waals surface area contributed by atoms with Gasteiger partial charge in [-0.3, -0.25) is 4.79 Å². The van der Waals surface area contributed by atoms with Gasteiger partial charge in [0.25, 0.3) is 0 Å². The number of likely N-dealkylation sites (N-methyl/N-ethyl adjacent to an activating group) is 1. The summed E-state index contributed by atoms with van der Waals surface area (Å²) in [6.45, 7) is 15.5. The Labute approximate surface area is 194 Å². The fraction of sp³-hybridized carbons (Fsp3) is 0.667. The third-order valence-corrected chi connectivity index (χ3v) is 5.83. The Morgan fingerprint density at radius 3 is 2.17 bits per heavy atom. The van der Waals surface area contributed by atoms with Crippen molar-refractivity contribution in [1.82, 2.24) is 9.80 Å². The summed E-state index contributed by atoms with van der Waals surface area (Å²) in [6, 6.07) is 1.72. The van der Waals surface area contributed by atoms with Crippen LogP contribution in [0.15, 0.2) is 35.5 Å².